The molecule has 1 heterocycles. The van der Waals surface area contributed by atoms with E-state index in [1.165, 1.54) is 11.1 Å². The molecule has 0 saturated carbocycles. The molecule has 0 bridgehead atoms. The van der Waals surface area contributed by atoms with Crippen molar-refractivity contribution in [3.63, 3.8) is 0 Å². The van der Waals surface area contributed by atoms with E-state index in [4.69, 9.17) is 4.74 Å². The van der Waals surface area contributed by atoms with Gasteiger partial charge in [-0.25, -0.2) is 0 Å². The van der Waals surface area contributed by atoms with Crippen molar-refractivity contribution in [1.29, 1.82) is 0 Å². The summed E-state index contributed by atoms with van der Waals surface area (Å²) < 4.78 is 5.26. The number of aryl methyl sites for hydroxylation is 1. The summed E-state index contributed by atoms with van der Waals surface area (Å²) >= 11 is 0. The van der Waals surface area contributed by atoms with Gasteiger partial charge in [-0.05, 0) is 17.5 Å². The first-order chi connectivity index (χ1) is 9.67. The van der Waals surface area contributed by atoms with Gasteiger partial charge < -0.3 is 15.4 Å². The average molecular weight is 403 g/mol. The van der Waals surface area contributed by atoms with Crippen LogP contribution in [0, 0.1) is 5.41 Å². The van der Waals surface area contributed by atoms with Crippen molar-refractivity contribution < 1.29 is 4.74 Å². The molecule has 5 heteroatoms. The predicted octanol–water partition coefficient (Wildman–Crippen LogP) is 2.57. The van der Waals surface area contributed by atoms with Crippen LogP contribution in [0.5, 0.6) is 0 Å². The second-order valence-corrected chi connectivity index (χ2v) is 5.71. The Morgan fingerprint density at radius 3 is 2.43 bits per heavy atom. The smallest absolute Gasteiger partial charge is 0.191 e. The maximum Gasteiger partial charge on any atom is 0.191 e. The summed E-state index contributed by atoms with van der Waals surface area (Å²) in [4.78, 5) is 4.27. The first kappa shape index (κ1) is 18.2. The highest BCUT2D eigenvalue weighted by atomic mass is 127. The van der Waals surface area contributed by atoms with Crippen molar-refractivity contribution >= 4 is 29.9 Å². The zero-order valence-electron chi connectivity index (χ0n) is 13.1. The lowest BCUT2D eigenvalue weighted by atomic mass is 9.89. The number of hydrogen-bond donors (Lipinski definition) is 2. The largest absolute Gasteiger partial charge is 0.380 e. The molecule has 1 saturated heterocycles. The lowest BCUT2D eigenvalue weighted by Crippen LogP contribution is -2.50. The molecule has 2 N–H and O–H groups in total. The fourth-order valence-electron chi connectivity index (χ4n) is 2.32. The molecule has 21 heavy (non-hydrogen) atoms. The van der Waals surface area contributed by atoms with Crippen molar-refractivity contribution in [1.82, 2.24) is 10.6 Å². The zero-order chi connectivity index (χ0) is 14.4. The summed E-state index contributed by atoms with van der Waals surface area (Å²) in [5.41, 5.74) is 2.96. The Kier molecular flexibility index (Phi) is 7.45. The van der Waals surface area contributed by atoms with E-state index in [2.05, 4.69) is 53.7 Å². The number of ether oxygens (including phenoxy) is 1. The molecule has 0 atom stereocenters. The van der Waals surface area contributed by atoms with E-state index in [1.54, 1.807) is 7.05 Å². The summed E-state index contributed by atoms with van der Waals surface area (Å²) in [7, 11) is 1.81. The van der Waals surface area contributed by atoms with E-state index in [1.807, 2.05) is 0 Å². The van der Waals surface area contributed by atoms with Gasteiger partial charge >= 0.3 is 0 Å². The van der Waals surface area contributed by atoms with E-state index in [0.29, 0.717) is 0 Å². The summed E-state index contributed by atoms with van der Waals surface area (Å²) in [6, 6.07) is 8.52. The van der Waals surface area contributed by atoms with Gasteiger partial charge in [-0.15, -0.1) is 24.0 Å². The molecule has 0 aliphatic carbocycles. The Hall–Kier alpha value is -0.820. The highest BCUT2D eigenvalue weighted by molar-refractivity contribution is 14.0. The quantitative estimate of drug-likeness (QED) is 0.451. The third kappa shape index (κ3) is 5.14. The van der Waals surface area contributed by atoms with Crippen molar-refractivity contribution in [2.45, 2.75) is 26.8 Å². The Morgan fingerprint density at radius 1 is 1.24 bits per heavy atom. The molecule has 1 aromatic rings. The first-order valence-electron chi connectivity index (χ1n) is 7.26. The third-order valence-electron chi connectivity index (χ3n) is 3.75. The van der Waals surface area contributed by atoms with Crippen LogP contribution in [-0.4, -0.2) is 32.8 Å². The molecule has 1 aliphatic heterocycles. The van der Waals surface area contributed by atoms with Gasteiger partial charge in [0.2, 0.25) is 0 Å². The van der Waals surface area contributed by atoms with Crippen LogP contribution in [0.1, 0.15) is 25.0 Å². The van der Waals surface area contributed by atoms with Crippen molar-refractivity contribution in [3.8, 4) is 0 Å². The molecule has 0 spiro atoms. The minimum Gasteiger partial charge on any atom is -0.380 e. The van der Waals surface area contributed by atoms with E-state index in [0.717, 1.165) is 38.7 Å². The number of halogens is 1. The minimum atomic E-state index is 0. The number of guanidine groups is 1. The molecule has 0 amide bonds. The van der Waals surface area contributed by atoms with Gasteiger partial charge in [0.05, 0.1) is 13.2 Å². The second-order valence-electron chi connectivity index (χ2n) is 5.71. The lowest BCUT2D eigenvalue weighted by Gasteiger charge is -2.38. The van der Waals surface area contributed by atoms with Crippen LogP contribution >= 0.6 is 24.0 Å². The Bertz CT molecular complexity index is 472. The highest BCUT2D eigenvalue weighted by Gasteiger charge is 2.33. The Labute approximate surface area is 144 Å². The standard InChI is InChI=1S/C16H25N3O.HI/c1-4-13-7-5-6-8-14(13)9-18-15(17-3)19-10-16(2)11-20-12-16;/h5-8H,4,9-12H2,1-3H3,(H2,17,18,19);1H. The normalized spacial score (nSPS) is 16.6. The summed E-state index contributed by atoms with van der Waals surface area (Å²) in [5, 5.41) is 6.76. The van der Waals surface area contributed by atoms with Crippen molar-refractivity contribution in [3.05, 3.63) is 35.4 Å². The van der Waals surface area contributed by atoms with Crippen LogP contribution in [0.15, 0.2) is 29.3 Å². The molecule has 0 radical (unpaired) electrons. The number of nitrogens with one attached hydrogen (secondary N) is 2. The van der Waals surface area contributed by atoms with Gasteiger partial charge in [0, 0.05) is 25.6 Å². The molecule has 0 unspecified atom stereocenters. The van der Waals surface area contributed by atoms with Gasteiger partial charge in [-0.3, -0.25) is 4.99 Å². The predicted molar refractivity (Wildman–Crippen MR) is 98.4 cm³/mol. The van der Waals surface area contributed by atoms with Crippen LogP contribution in [0.3, 0.4) is 0 Å². The van der Waals surface area contributed by atoms with Crippen LogP contribution in [0.25, 0.3) is 0 Å². The molecule has 118 valence electrons. The molecule has 0 aromatic heterocycles. The van der Waals surface area contributed by atoms with E-state index in [-0.39, 0.29) is 29.4 Å². The maximum atomic E-state index is 5.26. The van der Waals surface area contributed by atoms with E-state index < -0.39 is 0 Å². The zero-order valence-corrected chi connectivity index (χ0v) is 15.4. The van der Waals surface area contributed by atoms with Crippen molar-refractivity contribution in [2.24, 2.45) is 10.4 Å². The summed E-state index contributed by atoms with van der Waals surface area (Å²) in [6.07, 6.45) is 1.05. The van der Waals surface area contributed by atoms with Crippen LogP contribution < -0.4 is 10.6 Å². The van der Waals surface area contributed by atoms with Crippen LogP contribution in [0.4, 0.5) is 0 Å². The second kappa shape index (κ2) is 8.58. The fourth-order valence-corrected chi connectivity index (χ4v) is 2.32. The van der Waals surface area contributed by atoms with Gasteiger partial charge in [-0.1, -0.05) is 38.1 Å². The fraction of sp³-hybridized carbons (Fsp3) is 0.562. The van der Waals surface area contributed by atoms with Gasteiger partial charge in [0.25, 0.3) is 0 Å². The molecule has 2 rings (SSSR count). The SMILES string of the molecule is CCc1ccccc1CNC(=NC)NCC1(C)COC1.I. The van der Waals surface area contributed by atoms with E-state index >= 15 is 0 Å². The highest BCUT2D eigenvalue weighted by Crippen LogP contribution is 2.24. The van der Waals surface area contributed by atoms with Gasteiger partial charge in [-0.2, -0.15) is 0 Å². The molecular weight excluding hydrogens is 377 g/mol. The van der Waals surface area contributed by atoms with Crippen LogP contribution in [0.2, 0.25) is 0 Å². The number of hydrogen-bond acceptors (Lipinski definition) is 2. The average Bonchev–Trinajstić information content (AvgIpc) is 2.45. The van der Waals surface area contributed by atoms with Crippen molar-refractivity contribution in [2.75, 3.05) is 26.8 Å². The maximum absolute atomic E-state index is 5.26. The molecule has 4 nitrogen and oxygen atoms in total. The number of aliphatic imine (C=N–C) groups is 1. The molecule has 1 fully saturated rings. The topological polar surface area (TPSA) is 45.7 Å². The Balaban J connectivity index is 0.00000220. The summed E-state index contributed by atoms with van der Waals surface area (Å²) in [6.45, 7) is 7.76. The van der Waals surface area contributed by atoms with Gasteiger partial charge in [0.1, 0.15) is 0 Å². The van der Waals surface area contributed by atoms with E-state index in [9.17, 15) is 0 Å². The third-order valence-corrected chi connectivity index (χ3v) is 3.75. The number of nitrogens with zero attached hydrogens (tertiary/aromatic N) is 1. The molecule has 1 aromatic carbocycles. The monoisotopic (exact) mass is 403 g/mol. The Morgan fingerprint density at radius 2 is 1.90 bits per heavy atom. The van der Waals surface area contributed by atoms with Crippen LogP contribution in [-0.2, 0) is 17.7 Å². The number of benzene rings is 1. The summed E-state index contributed by atoms with van der Waals surface area (Å²) in [5.74, 6) is 0.851. The van der Waals surface area contributed by atoms with Gasteiger partial charge in [0.15, 0.2) is 5.96 Å². The molecular formula is C16H26IN3O. The lowest BCUT2D eigenvalue weighted by molar-refractivity contribution is -0.0971. The molecule has 1 aliphatic rings. The minimum absolute atomic E-state index is 0. The first-order valence-corrected chi connectivity index (χ1v) is 7.26. The number of rotatable bonds is 5.